The SMILES string of the molecule is COC(=O)c1cc2ccc3cc(OC(F)F)ccc3n2c1. The summed E-state index contributed by atoms with van der Waals surface area (Å²) in [4.78, 5) is 11.6. The van der Waals surface area contributed by atoms with Gasteiger partial charge in [-0.05, 0) is 30.3 Å². The predicted molar refractivity (Wildman–Crippen MR) is 72.9 cm³/mol. The fraction of sp³-hybridized carbons (Fsp3) is 0.133. The lowest BCUT2D eigenvalue weighted by Crippen LogP contribution is -2.01. The van der Waals surface area contributed by atoms with Gasteiger partial charge in [-0.3, -0.25) is 0 Å². The van der Waals surface area contributed by atoms with Crippen LogP contribution in [0.5, 0.6) is 5.75 Å². The van der Waals surface area contributed by atoms with E-state index < -0.39 is 12.6 Å². The number of ether oxygens (including phenoxy) is 2. The zero-order valence-corrected chi connectivity index (χ0v) is 11.0. The van der Waals surface area contributed by atoms with Crippen LogP contribution in [0.1, 0.15) is 10.4 Å². The molecular formula is C15H11F2NO3. The Hall–Kier alpha value is -2.63. The molecule has 4 nitrogen and oxygen atoms in total. The molecule has 0 fully saturated rings. The first-order valence-corrected chi connectivity index (χ1v) is 6.16. The number of hydrogen-bond donors (Lipinski definition) is 0. The lowest BCUT2D eigenvalue weighted by Gasteiger charge is -2.07. The number of pyridine rings is 1. The normalized spacial score (nSPS) is 11.2. The van der Waals surface area contributed by atoms with E-state index >= 15 is 0 Å². The zero-order valence-electron chi connectivity index (χ0n) is 11.0. The van der Waals surface area contributed by atoms with Gasteiger partial charge in [-0.1, -0.05) is 6.07 Å². The third-order valence-corrected chi connectivity index (χ3v) is 3.19. The Balaban J connectivity index is 2.14. The minimum absolute atomic E-state index is 0.0946. The number of methoxy groups -OCH3 is 1. The Morgan fingerprint density at radius 2 is 2.00 bits per heavy atom. The zero-order chi connectivity index (χ0) is 15.0. The summed E-state index contributed by atoms with van der Waals surface area (Å²) in [6.07, 6.45) is 1.65. The van der Waals surface area contributed by atoms with Crippen LogP contribution in [0.15, 0.2) is 42.6 Å². The molecule has 0 bridgehead atoms. The van der Waals surface area contributed by atoms with Gasteiger partial charge >= 0.3 is 12.6 Å². The quantitative estimate of drug-likeness (QED) is 0.694. The van der Waals surface area contributed by atoms with E-state index in [4.69, 9.17) is 0 Å². The average molecular weight is 291 g/mol. The van der Waals surface area contributed by atoms with E-state index in [1.54, 1.807) is 34.9 Å². The van der Waals surface area contributed by atoms with Crippen LogP contribution in [0.3, 0.4) is 0 Å². The van der Waals surface area contributed by atoms with E-state index in [0.717, 1.165) is 16.4 Å². The summed E-state index contributed by atoms with van der Waals surface area (Å²) >= 11 is 0. The van der Waals surface area contributed by atoms with E-state index in [-0.39, 0.29) is 5.75 Å². The topological polar surface area (TPSA) is 39.9 Å². The molecule has 0 saturated heterocycles. The van der Waals surface area contributed by atoms with Crippen LogP contribution >= 0.6 is 0 Å². The molecule has 0 atom stereocenters. The maximum Gasteiger partial charge on any atom is 0.387 e. The summed E-state index contributed by atoms with van der Waals surface area (Å²) in [5, 5.41) is 0.729. The average Bonchev–Trinajstić information content (AvgIpc) is 2.89. The third kappa shape index (κ3) is 2.40. The Morgan fingerprint density at radius 3 is 2.71 bits per heavy atom. The van der Waals surface area contributed by atoms with Crippen molar-refractivity contribution in [3.05, 3.63) is 48.2 Å². The molecule has 0 aliphatic heterocycles. The van der Waals surface area contributed by atoms with Gasteiger partial charge in [0.2, 0.25) is 0 Å². The monoisotopic (exact) mass is 291 g/mol. The molecular weight excluding hydrogens is 280 g/mol. The first-order valence-electron chi connectivity index (χ1n) is 6.16. The molecule has 0 aliphatic rings. The molecule has 2 aromatic heterocycles. The van der Waals surface area contributed by atoms with E-state index in [1.807, 2.05) is 0 Å². The minimum Gasteiger partial charge on any atom is -0.465 e. The molecule has 1 aromatic carbocycles. The van der Waals surface area contributed by atoms with Crippen molar-refractivity contribution in [1.29, 1.82) is 0 Å². The van der Waals surface area contributed by atoms with Gasteiger partial charge in [0.15, 0.2) is 0 Å². The fourth-order valence-corrected chi connectivity index (χ4v) is 2.28. The lowest BCUT2D eigenvalue weighted by atomic mass is 10.2. The molecule has 6 heteroatoms. The first-order chi connectivity index (χ1) is 10.1. The second kappa shape index (κ2) is 5.05. The van der Waals surface area contributed by atoms with E-state index in [9.17, 15) is 13.6 Å². The molecule has 21 heavy (non-hydrogen) atoms. The molecule has 108 valence electrons. The van der Waals surface area contributed by atoms with Crippen molar-refractivity contribution < 1.29 is 23.0 Å². The summed E-state index contributed by atoms with van der Waals surface area (Å²) < 4.78 is 35.3. The van der Waals surface area contributed by atoms with Crippen LogP contribution in [0.2, 0.25) is 0 Å². The van der Waals surface area contributed by atoms with Gasteiger partial charge in [0.05, 0.1) is 18.2 Å². The van der Waals surface area contributed by atoms with Gasteiger partial charge in [-0.2, -0.15) is 8.78 Å². The molecule has 0 radical (unpaired) electrons. The van der Waals surface area contributed by atoms with Crippen molar-refractivity contribution in [3.63, 3.8) is 0 Å². The highest BCUT2D eigenvalue weighted by Crippen LogP contribution is 2.25. The van der Waals surface area contributed by atoms with Gasteiger partial charge < -0.3 is 13.9 Å². The number of esters is 1. The number of halogens is 2. The number of hydrogen-bond acceptors (Lipinski definition) is 3. The molecule has 3 rings (SSSR count). The van der Waals surface area contributed by atoms with E-state index in [2.05, 4.69) is 9.47 Å². The summed E-state index contributed by atoms with van der Waals surface area (Å²) in [5.74, 6) is -0.332. The lowest BCUT2D eigenvalue weighted by molar-refractivity contribution is -0.0497. The number of carbonyl (C=O) groups excluding carboxylic acids is 1. The summed E-state index contributed by atoms with van der Waals surface area (Å²) in [7, 11) is 1.32. The largest absolute Gasteiger partial charge is 0.465 e. The summed E-state index contributed by atoms with van der Waals surface area (Å²) in [6.45, 7) is -2.86. The number of alkyl halides is 2. The maximum atomic E-state index is 12.2. The molecule has 0 unspecified atom stereocenters. The highest BCUT2D eigenvalue weighted by molar-refractivity contribution is 5.93. The van der Waals surface area contributed by atoms with Gasteiger partial charge in [0.1, 0.15) is 5.75 Å². The van der Waals surface area contributed by atoms with Crippen LogP contribution in [0.25, 0.3) is 16.4 Å². The number of rotatable bonds is 3. The highest BCUT2D eigenvalue weighted by atomic mass is 19.3. The van der Waals surface area contributed by atoms with Gasteiger partial charge in [0, 0.05) is 17.1 Å². The molecule has 0 aliphatic carbocycles. The molecule has 0 amide bonds. The molecule has 0 N–H and O–H groups in total. The second-order valence-corrected chi connectivity index (χ2v) is 4.45. The van der Waals surface area contributed by atoms with Crippen molar-refractivity contribution >= 4 is 22.4 Å². The number of aromatic nitrogens is 1. The maximum absolute atomic E-state index is 12.2. The highest BCUT2D eigenvalue weighted by Gasteiger charge is 2.11. The van der Waals surface area contributed by atoms with Crippen LogP contribution in [-0.2, 0) is 4.74 Å². The molecule has 2 heterocycles. The standard InChI is InChI=1S/C15H11F2NO3/c1-20-14(19)10-6-11-3-2-9-7-12(21-15(16)17)4-5-13(9)18(11)8-10/h2-8,15H,1H3. The number of carbonyl (C=O) groups is 1. The van der Waals surface area contributed by atoms with E-state index in [0.29, 0.717) is 5.56 Å². The minimum atomic E-state index is -2.86. The fourth-order valence-electron chi connectivity index (χ4n) is 2.28. The Labute approximate surface area is 118 Å². The number of fused-ring (bicyclic) bond motifs is 3. The Bertz CT molecular complexity index is 826. The van der Waals surface area contributed by atoms with Crippen molar-refractivity contribution in [1.82, 2.24) is 4.40 Å². The summed E-state index contributed by atoms with van der Waals surface area (Å²) in [5.41, 5.74) is 2.02. The van der Waals surface area contributed by atoms with Crippen LogP contribution < -0.4 is 4.74 Å². The van der Waals surface area contributed by atoms with Crippen LogP contribution in [0.4, 0.5) is 8.78 Å². The predicted octanol–water partition coefficient (Wildman–Crippen LogP) is 3.48. The van der Waals surface area contributed by atoms with E-state index in [1.165, 1.54) is 19.2 Å². The van der Waals surface area contributed by atoms with Crippen LogP contribution in [-0.4, -0.2) is 24.1 Å². The smallest absolute Gasteiger partial charge is 0.387 e. The number of nitrogens with zero attached hydrogens (tertiary/aromatic N) is 1. The van der Waals surface area contributed by atoms with Gasteiger partial charge in [0.25, 0.3) is 0 Å². The van der Waals surface area contributed by atoms with Gasteiger partial charge in [-0.15, -0.1) is 0 Å². The summed E-state index contributed by atoms with van der Waals surface area (Å²) in [6, 6.07) is 9.94. The van der Waals surface area contributed by atoms with Crippen molar-refractivity contribution in [2.24, 2.45) is 0 Å². The Kier molecular flexibility index (Phi) is 3.21. The van der Waals surface area contributed by atoms with Gasteiger partial charge in [-0.25, -0.2) is 4.79 Å². The van der Waals surface area contributed by atoms with Crippen molar-refractivity contribution in [3.8, 4) is 5.75 Å². The first kappa shape index (κ1) is 13.4. The molecule has 0 saturated carbocycles. The third-order valence-electron chi connectivity index (χ3n) is 3.19. The van der Waals surface area contributed by atoms with Crippen LogP contribution in [0, 0.1) is 0 Å². The number of benzene rings is 1. The Morgan fingerprint density at radius 1 is 1.19 bits per heavy atom. The van der Waals surface area contributed by atoms with Crippen molar-refractivity contribution in [2.75, 3.05) is 7.11 Å². The molecule has 0 spiro atoms. The van der Waals surface area contributed by atoms with Crippen molar-refractivity contribution in [2.45, 2.75) is 6.61 Å². The second-order valence-electron chi connectivity index (χ2n) is 4.45. The molecule has 3 aromatic rings.